The molecule has 0 spiro atoms. The van der Waals surface area contributed by atoms with Gasteiger partial charge in [-0.05, 0) is 36.7 Å². The van der Waals surface area contributed by atoms with Crippen molar-refractivity contribution >= 4 is 17.5 Å². The van der Waals surface area contributed by atoms with E-state index in [1.54, 1.807) is 31.3 Å². The summed E-state index contributed by atoms with van der Waals surface area (Å²) in [6, 6.07) is 17.0. The van der Waals surface area contributed by atoms with Crippen molar-refractivity contribution < 1.29 is 9.59 Å². The highest BCUT2D eigenvalue weighted by atomic mass is 16.2. The highest BCUT2D eigenvalue weighted by molar-refractivity contribution is 5.97. The van der Waals surface area contributed by atoms with Crippen LogP contribution in [0.15, 0.2) is 54.6 Å². The molecule has 23 heavy (non-hydrogen) atoms. The molecule has 0 aromatic heterocycles. The Labute approximate surface area is 136 Å². The topological polar surface area (TPSA) is 70.2 Å². The predicted molar refractivity (Wildman–Crippen MR) is 91.5 cm³/mol. The molecular weight excluding hydrogens is 290 g/mol. The van der Waals surface area contributed by atoms with Crippen molar-refractivity contribution in [1.29, 1.82) is 0 Å². The Morgan fingerprint density at radius 1 is 1.00 bits per heavy atom. The third-order valence-corrected chi connectivity index (χ3v) is 3.35. The molecule has 2 aromatic carbocycles. The van der Waals surface area contributed by atoms with Gasteiger partial charge in [-0.2, -0.15) is 0 Å². The third-order valence-electron chi connectivity index (χ3n) is 3.35. The number of nitrogens with one attached hydrogen (secondary N) is 3. The van der Waals surface area contributed by atoms with E-state index in [1.807, 2.05) is 18.2 Å². The molecule has 0 saturated heterocycles. The van der Waals surface area contributed by atoms with Gasteiger partial charge in [0.05, 0.1) is 6.54 Å². The fourth-order valence-corrected chi connectivity index (χ4v) is 2.17. The average molecular weight is 311 g/mol. The summed E-state index contributed by atoms with van der Waals surface area (Å²) in [5.74, 6) is -0.311. The fraction of sp³-hybridized carbons (Fsp3) is 0.222. The van der Waals surface area contributed by atoms with Crippen molar-refractivity contribution in [3.8, 4) is 0 Å². The maximum Gasteiger partial charge on any atom is 0.251 e. The van der Waals surface area contributed by atoms with Crippen LogP contribution in [0.5, 0.6) is 0 Å². The van der Waals surface area contributed by atoms with E-state index in [1.165, 1.54) is 5.56 Å². The molecule has 0 bridgehead atoms. The van der Waals surface area contributed by atoms with Crippen LogP contribution >= 0.6 is 0 Å². The van der Waals surface area contributed by atoms with Crippen LogP contribution in [0.25, 0.3) is 0 Å². The maximum atomic E-state index is 11.9. The Kier molecular flexibility index (Phi) is 6.32. The van der Waals surface area contributed by atoms with Crippen LogP contribution in [0.2, 0.25) is 0 Å². The molecule has 0 aliphatic heterocycles. The number of hydrogen-bond acceptors (Lipinski definition) is 3. The molecule has 2 amide bonds. The van der Waals surface area contributed by atoms with Gasteiger partial charge in [-0.1, -0.05) is 36.4 Å². The minimum Gasteiger partial charge on any atom is -0.355 e. The van der Waals surface area contributed by atoms with Crippen LogP contribution in [-0.2, 0) is 11.2 Å². The summed E-state index contributed by atoms with van der Waals surface area (Å²) in [7, 11) is 1.57. The molecule has 0 heterocycles. The Morgan fingerprint density at radius 2 is 1.78 bits per heavy atom. The smallest absolute Gasteiger partial charge is 0.251 e. The van der Waals surface area contributed by atoms with Crippen molar-refractivity contribution in [2.24, 2.45) is 0 Å². The SMILES string of the molecule is CNC(=O)c1cccc(NC(=O)CNCCc2ccccc2)c1. The van der Waals surface area contributed by atoms with Gasteiger partial charge in [-0.15, -0.1) is 0 Å². The lowest BCUT2D eigenvalue weighted by Crippen LogP contribution is -2.29. The van der Waals surface area contributed by atoms with Gasteiger partial charge in [0.15, 0.2) is 0 Å². The van der Waals surface area contributed by atoms with Crippen molar-refractivity contribution in [2.75, 3.05) is 25.5 Å². The summed E-state index contributed by atoms with van der Waals surface area (Å²) >= 11 is 0. The van der Waals surface area contributed by atoms with Crippen LogP contribution in [-0.4, -0.2) is 32.0 Å². The Balaban J connectivity index is 1.75. The van der Waals surface area contributed by atoms with Gasteiger partial charge in [0.25, 0.3) is 5.91 Å². The summed E-state index contributed by atoms with van der Waals surface area (Å²) in [4.78, 5) is 23.5. The molecule has 0 fully saturated rings. The molecule has 0 radical (unpaired) electrons. The summed E-state index contributed by atoms with van der Waals surface area (Å²) in [6.07, 6.45) is 0.875. The average Bonchev–Trinajstić information content (AvgIpc) is 2.59. The first-order valence-corrected chi connectivity index (χ1v) is 7.55. The van der Waals surface area contributed by atoms with Crippen molar-refractivity contribution in [3.05, 3.63) is 65.7 Å². The molecule has 0 saturated carbocycles. The number of carbonyl (C=O) groups is 2. The predicted octanol–water partition coefficient (Wildman–Crippen LogP) is 1.82. The first-order chi connectivity index (χ1) is 11.2. The lowest BCUT2D eigenvalue weighted by atomic mass is 10.1. The fourth-order valence-electron chi connectivity index (χ4n) is 2.17. The van der Waals surface area contributed by atoms with E-state index in [9.17, 15) is 9.59 Å². The van der Waals surface area contributed by atoms with Gasteiger partial charge in [0.1, 0.15) is 0 Å². The number of hydrogen-bond donors (Lipinski definition) is 3. The number of benzene rings is 2. The van der Waals surface area contributed by atoms with Crippen LogP contribution in [0.1, 0.15) is 15.9 Å². The number of amides is 2. The van der Waals surface area contributed by atoms with Gasteiger partial charge >= 0.3 is 0 Å². The van der Waals surface area contributed by atoms with Gasteiger partial charge < -0.3 is 16.0 Å². The zero-order valence-corrected chi connectivity index (χ0v) is 13.1. The van der Waals surface area contributed by atoms with E-state index in [0.717, 1.165) is 13.0 Å². The molecule has 0 aliphatic rings. The number of carbonyl (C=O) groups excluding carboxylic acids is 2. The lowest BCUT2D eigenvalue weighted by Gasteiger charge is -2.08. The molecule has 3 N–H and O–H groups in total. The zero-order chi connectivity index (χ0) is 16.5. The Morgan fingerprint density at radius 3 is 2.52 bits per heavy atom. The molecule has 120 valence electrons. The summed E-state index contributed by atoms with van der Waals surface area (Å²) in [6.45, 7) is 0.965. The second-order valence-corrected chi connectivity index (χ2v) is 5.12. The van der Waals surface area contributed by atoms with Gasteiger partial charge in [-0.3, -0.25) is 9.59 Å². The lowest BCUT2D eigenvalue weighted by molar-refractivity contribution is -0.115. The molecule has 2 rings (SSSR count). The van der Waals surface area contributed by atoms with Crippen LogP contribution < -0.4 is 16.0 Å². The third kappa shape index (κ3) is 5.56. The normalized spacial score (nSPS) is 10.1. The van der Waals surface area contributed by atoms with Crippen LogP contribution in [0.3, 0.4) is 0 Å². The molecule has 0 unspecified atom stereocenters. The highest BCUT2D eigenvalue weighted by Crippen LogP contribution is 2.10. The van der Waals surface area contributed by atoms with Crippen molar-refractivity contribution in [1.82, 2.24) is 10.6 Å². The number of anilines is 1. The largest absolute Gasteiger partial charge is 0.355 e. The first kappa shape index (κ1) is 16.7. The monoisotopic (exact) mass is 311 g/mol. The summed E-state index contributed by atoms with van der Waals surface area (Å²) in [5.41, 5.74) is 2.36. The molecule has 2 aromatic rings. The minimum atomic E-state index is -0.179. The molecule has 0 atom stereocenters. The standard InChI is InChI=1S/C18H21N3O2/c1-19-18(23)15-8-5-9-16(12-15)21-17(22)13-20-11-10-14-6-3-2-4-7-14/h2-9,12,20H,10-11,13H2,1H3,(H,19,23)(H,21,22). The van der Waals surface area contributed by atoms with Crippen molar-refractivity contribution in [3.63, 3.8) is 0 Å². The molecular formula is C18H21N3O2. The van der Waals surface area contributed by atoms with E-state index in [2.05, 4.69) is 28.1 Å². The first-order valence-electron chi connectivity index (χ1n) is 7.55. The van der Waals surface area contributed by atoms with E-state index < -0.39 is 0 Å². The zero-order valence-electron chi connectivity index (χ0n) is 13.1. The minimum absolute atomic E-state index is 0.132. The van der Waals surface area contributed by atoms with Gasteiger partial charge in [0, 0.05) is 18.3 Å². The second kappa shape index (κ2) is 8.70. The second-order valence-electron chi connectivity index (χ2n) is 5.12. The van der Waals surface area contributed by atoms with E-state index >= 15 is 0 Å². The highest BCUT2D eigenvalue weighted by Gasteiger charge is 2.06. The summed E-state index contributed by atoms with van der Waals surface area (Å²) < 4.78 is 0. The quantitative estimate of drug-likeness (QED) is 0.683. The molecule has 5 heteroatoms. The molecule has 0 aliphatic carbocycles. The van der Waals surface area contributed by atoms with E-state index in [4.69, 9.17) is 0 Å². The van der Waals surface area contributed by atoms with Gasteiger partial charge in [0.2, 0.25) is 5.91 Å². The van der Waals surface area contributed by atoms with E-state index in [0.29, 0.717) is 11.3 Å². The molecule has 5 nitrogen and oxygen atoms in total. The van der Waals surface area contributed by atoms with Crippen LogP contribution in [0, 0.1) is 0 Å². The van der Waals surface area contributed by atoms with E-state index in [-0.39, 0.29) is 18.4 Å². The van der Waals surface area contributed by atoms with Gasteiger partial charge in [-0.25, -0.2) is 0 Å². The Bertz CT molecular complexity index is 656. The number of rotatable bonds is 7. The summed E-state index contributed by atoms with van der Waals surface area (Å²) in [5, 5.41) is 8.44. The maximum absolute atomic E-state index is 11.9. The van der Waals surface area contributed by atoms with Crippen molar-refractivity contribution in [2.45, 2.75) is 6.42 Å². The Hall–Kier alpha value is -2.66. The van der Waals surface area contributed by atoms with Crippen LogP contribution in [0.4, 0.5) is 5.69 Å².